The average Bonchev–Trinajstić information content (AvgIpc) is 2.92. The number of nitrogens with two attached hydrogens (primary N) is 1. The largest absolute Gasteiger partial charge is 0.490 e. The van der Waals surface area contributed by atoms with Gasteiger partial charge in [0.2, 0.25) is 5.75 Å². The van der Waals surface area contributed by atoms with Crippen molar-refractivity contribution in [3.8, 4) is 5.75 Å². The average molecular weight is 266 g/mol. The number of hydrazine groups is 1. The smallest absolute Gasteiger partial charge is 0.205 e. The van der Waals surface area contributed by atoms with E-state index in [0.29, 0.717) is 23.3 Å². The Kier molecular flexibility index (Phi) is 4.75. The molecule has 1 fully saturated rings. The molecule has 0 radical (unpaired) electrons. The molecule has 0 aliphatic carbocycles. The lowest BCUT2D eigenvalue weighted by Crippen LogP contribution is -2.23. The molecular formula is C12H22N6O. The van der Waals surface area contributed by atoms with E-state index in [2.05, 4.69) is 32.5 Å². The highest BCUT2D eigenvalue weighted by molar-refractivity contribution is 5.62. The molecule has 0 amide bonds. The van der Waals surface area contributed by atoms with Crippen molar-refractivity contribution < 1.29 is 4.74 Å². The fourth-order valence-electron chi connectivity index (χ4n) is 2.40. The Morgan fingerprint density at radius 2 is 2.26 bits per heavy atom. The molecule has 1 aliphatic heterocycles. The summed E-state index contributed by atoms with van der Waals surface area (Å²) >= 11 is 0. The minimum Gasteiger partial charge on any atom is -0.490 e. The molecule has 1 atom stereocenters. The summed E-state index contributed by atoms with van der Waals surface area (Å²) in [7, 11) is 1.58. The van der Waals surface area contributed by atoms with E-state index in [4.69, 9.17) is 10.6 Å². The SMILES string of the molecule is CCN1CCC(CNc2ncnc(NN)c2OC)C1. The van der Waals surface area contributed by atoms with Gasteiger partial charge in [0, 0.05) is 13.1 Å². The number of aromatic nitrogens is 2. The zero-order chi connectivity index (χ0) is 13.7. The van der Waals surface area contributed by atoms with E-state index in [0.717, 1.165) is 19.6 Å². The van der Waals surface area contributed by atoms with Gasteiger partial charge in [-0.05, 0) is 25.4 Å². The Labute approximate surface area is 113 Å². The summed E-state index contributed by atoms with van der Waals surface area (Å²) in [4.78, 5) is 10.7. The number of nitrogens with one attached hydrogen (secondary N) is 2. The van der Waals surface area contributed by atoms with Gasteiger partial charge in [-0.15, -0.1) is 0 Å². The lowest BCUT2D eigenvalue weighted by Gasteiger charge is -2.16. The van der Waals surface area contributed by atoms with Crippen molar-refractivity contribution in [1.82, 2.24) is 14.9 Å². The summed E-state index contributed by atoms with van der Waals surface area (Å²) in [6.45, 7) is 6.52. The van der Waals surface area contributed by atoms with Crippen molar-refractivity contribution in [2.24, 2.45) is 11.8 Å². The molecule has 0 saturated carbocycles. The van der Waals surface area contributed by atoms with Crippen molar-refractivity contribution in [3.05, 3.63) is 6.33 Å². The molecule has 19 heavy (non-hydrogen) atoms. The maximum Gasteiger partial charge on any atom is 0.205 e. The maximum atomic E-state index is 5.39. The molecule has 7 nitrogen and oxygen atoms in total. The van der Waals surface area contributed by atoms with Gasteiger partial charge in [0.05, 0.1) is 7.11 Å². The molecule has 1 aliphatic rings. The van der Waals surface area contributed by atoms with Crippen LogP contribution < -0.4 is 21.3 Å². The third-order valence-electron chi connectivity index (χ3n) is 3.52. The van der Waals surface area contributed by atoms with Gasteiger partial charge < -0.3 is 20.4 Å². The molecule has 106 valence electrons. The summed E-state index contributed by atoms with van der Waals surface area (Å²) in [6.07, 6.45) is 2.68. The van der Waals surface area contributed by atoms with E-state index in [1.165, 1.54) is 19.3 Å². The molecule has 1 unspecified atom stereocenters. The minimum absolute atomic E-state index is 0.488. The molecule has 0 aromatic carbocycles. The summed E-state index contributed by atoms with van der Waals surface area (Å²) < 4.78 is 5.28. The first-order valence-electron chi connectivity index (χ1n) is 6.60. The van der Waals surface area contributed by atoms with Gasteiger partial charge in [-0.3, -0.25) is 0 Å². The number of hydrogen-bond donors (Lipinski definition) is 3. The third kappa shape index (κ3) is 3.24. The Bertz CT molecular complexity index is 413. The summed E-state index contributed by atoms with van der Waals surface area (Å²) in [5, 5.41) is 3.33. The van der Waals surface area contributed by atoms with Crippen LogP contribution in [0.1, 0.15) is 13.3 Å². The van der Waals surface area contributed by atoms with Gasteiger partial charge in [-0.25, -0.2) is 15.8 Å². The first-order valence-corrected chi connectivity index (χ1v) is 6.60. The summed E-state index contributed by atoms with van der Waals surface area (Å²) in [5.74, 6) is 7.76. The Hall–Kier alpha value is -1.60. The van der Waals surface area contributed by atoms with E-state index in [1.807, 2.05) is 0 Å². The van der Waals surface area contributed by atoms with Gasteiger partial charge in [0.25, 0.3) is 0 Å². The highest BCUT2D eigenvalue weighted by Crippen LogP contribution is 2.28. The molecule has 0 bridgehead atoms. The molecule has 4 N–H and O–H groups in total. The van der Waals surface area contributed by atoms with Crippen molar-refractivity contribution >= 4 is 11.6 Å². The Morgan fingerprint density at radius 3 is 2.89 bits per heavy atom. The first kappa shape index (κ1) is 13.8. The molecule has 7 heteroatoms. The highest BCUT2D eigenvalue weighted by atomic mass is 16.5. The summed E-state index contributed by atoms with van der Waals surface area (Å²) in [5.41, 5.74) is 2.51. The third-order valence-corrected chi connectivity index (χ3v) is 3.52. The minimum atomic E-state index is 0.488. The number of nitrogen functional groups attached to an aromatic ring is 1. The number of nitrogens with zero attached hydrogens (tertiary/aromatic N) is 3. The second-order valence-electron chi connectivity index (χ2n) is 4.68. The van der Waals surface area contributed by atoms with Gasteiger partial charge in [-0.2, -0.15) is 0 Å². The first-order chi connectivity index (χ1) is 9.28. The van der Waals surface area contributed by atoms with Crippen LogP contribution >= 0.6 is 0 Å². The Balaban J connectivity index is 1.96. The van der Waals surface area contributed by atoms with Crippen molar-refractivity contribution in [2.75, 3.05) is 44.0 Å². The molecule has 2 rings (SSSR count). The van der Waals surface area contributed by atoms with Gasteiger partial charge >= 0.3 is 0 Å². The van der Waals surface area contributed by atoms with Crippen LogP contribution in [-0.4, -0.2) is 48.2 Å². The van der Waals surface area contributed by atoms with E-state index in [9.17, 15) is 0 Å². The van der Waals surface area contributed by atoms with Crippen LogP contribution in [0.4, 0.5) is 11.6 Å². The van der Waals surface area contributed by atoms with E-state index in [-0.39, 0.29) is 0 Å². The molecular weight excluding hydrogens is 244 g/mol. The van der Waals surface area contributed by atoms with Crippen LogP contribution in [0, 0.1) is 5.92 Å². The van der Waals surface area contributed by atoms with Gasteiger partial charge in [0.1, 0.15) is 6.33 Å². The lowest BCUT2D eigenvalue weighted by atomic mass is 10.1. The standard InChI is InChI=1S/C12H22N6O/c1-3-18-5-4-9(7-18)6-14-11-10(19-2)12(17-13)16-8-15-11/h8-9H,3-7,13H2,1-2H3,(H2,14,15,16,17). The number of anilines is 2. The van der Waals surface area contributed by atoms with E-state index < -0.39 is 0 Å². The van der Waals surface area contributed by atoms with Crippen molar-refractivity contribution in [1.29, 1.82) is 0 Å². The van der Waals surface area contributed by atoms with E-state index in [1.54, 1.807) is 7.11 Å². The summed E-state index contributed by atoms with van der Waals surface area (Å²) in [6, 6.07) is 0. The maximum absolute atomic E-state index is 5.39. The zero-order valence-corrected chi connectivity index (χ0v) is 11.5. The van der Waals surface area contributed by atoms with Crippen LogP contribution in [0.15, 0.2) is 6.33 Å². The van der Waals surface area contributed by atoms with Crippen LogP contribution in [0.5, 0.6) is 5.75 Å². The molecule has 1 aromatic heterocycles. The fourth-order valence-corrected chi connectivity index (χ4v) is 2.40. The molecule has 1 aromatic rings. The second-order valence-corrected chi connectivity index (χ2v) is 4.68. The van der Waals surface area contributed by atoms with Crippen LogP contribution in [-0.2, 0) is 0 Å². The lowest BCUT2D eigenvalue weighted by molar-refractivity contribution is 0.344. The predicted octanol–water partition coefficient (Wildman–Crippen LogP) is 0.525. The highest BCUT2D eigenvalue weighted by Gasteiger charge is 2.21. The number of rotatable bonds is 6. The number of likely N-dealkylation sites (tertiary alicyclic amines) is 1. The van der Waals surface area contributed by atoms with Gasteiger partial charge in [0.15, 0.2) is 11.6 Å². The number of hydrogen-bond acceptors (Lipinski definition) is 7. The molecule has 1 saturated heterocycles. The predicted molar refractivity (Wildman–Crippen MR) is 75.1 cm³/mol. The van der Waals surface area contributed by atoms with Crippen molar-refractivity contribution in [3.63, 3.8) is 0 Å². The number of ether oxygens (including phenoxy) is 1. The molecule has 0 spiro atoms. The van der Waals surface area contributed by atoms with Crippen LogP contribution in [0.3, 0.4) is 0 Å². The number of methoxy groups -OCH3 is 1. The topological polar surface area (TPSA) is 88.3 Å². The zero-order valence-electron chi connectivity index (χ0n) is 11.5. The second kappa shape index (κ2) is 6.53. The molecule has 2 heterocycles. The Morgan fingerprint density at radius 1 is 1.47 bits per heavy atom. The van der Waals surface area contributed by atoms with Crippen LogP contribution in [0.2, 0.25) is 0 Å². The van der Waals surface area contributed by atoms with E-state index >= 15 is 0 Å². The van der Waals surface area contributed by atoms with Crippen LogP contribution in [0.25, 0.3) is 0 Å². The van der Waals surface area contributed by atoms with Gasteiger partial charge in [-0.1, -0.05) is 6.92 Å². The normalized spacial score (nSPS) is 19.4. The monoisotopic (exact) mass is 266 g/mol. The quantitative estimate of drug-likeness (QED) is 0.511. The fraction of sp³-hybridized carbons (Fsp3) is 0.667. The van der Waals surface area contributed by atoms with Crippen molar-refractivity contribution in [2.45, 2.75) is 13.3 Å².